The lowest BCUT2D eigenvalue weighted by atomic mass is 9.96. The molecule has 12 N–H and O–H groups in total. The highest BCUT2D eigenvalue weighted by Gasteiger charge is 2.53. The van der Waals surface area contributed by atoms with Crippen molar-refractivity contribution in [2.45, 2.75) is 362 Å². The summed E-state index contributed by atoms with van der Waals surface area (Å²) in [5, 5.41) is 121. The van der Waals surface area contributed by atoms with Crippen molar-refractivity contribution in [2.24, 2.45) is 0 Å². The average molecular weight is 1430 g/mol. The van der Waals surface area contributed by atoms with E-state index in [0.717, 1.165) is 103 Å². The molecule has 0 spiro atoms. The molecule has 19 heteroatoms. The van der Waals surface area contributed by atoms with E-state index < -0.39 is 124 Å². The predicted molar refractivity (Wildman–Crippen MR) is 401 cm³/mol. The summed E-state index contributed by atoms with van der Waals surface area (Å²) in [5.74, 6) is -0.293. The van der Waals surface area contributed by atoms with Gasteiger partial charge in [0.25, 0.3) is 0 Å². The summed E-state index contributed by atoms with van der Waals surface area (Å²) in [6.07, 6.45) is 59.0. The Kier molecular flexibility index (Phi) is 55.5. The molecule has 0 aromatic rings. The van der Waals surface area contributed by atoms with Crippen molar-refractivity contribution in [3.63, 3.8) is 0 Å². The Hall–Kier alpha value is -3.81. The molecule has 580 valence electrons. The van der Waals surface area contributed by atoms with Gasteiger partial charge in [0.1, 0.15) is 73.2 Å². The van der Waals surface area contributed by atoms with Crippen LogP contribution in [0.15, 0.2) is 122 Å². The zero-order valence-corrected chi connectivity index (χ0v) is 61.8. The van der Waals surface area contributed by atoms with Gasteiger partial charge in [0, 0.05) is 6.42 Å². The second-order valence-corrected chi connectivity index (χ2v) is 27.4. The number of allylic oxidation sites excluding steroid dienone is 19. The van der Waals surface area contributed by atoms with Gasteiger partial charge >= 0.3 is 0 Å². The molecule has 0 aliphatic carbocycles. The van der Waals surface area contributed by atoms with Gasteiger partial charge in [0.05, 0.1) is 38.6 Å². The number of carbonyl (C=O) groups excluding carboxylic acids is 1. The van der Waals surface area contributed by atoms with Gasteiger partial charge in [-0.3, -0.25) is 4.79 Å². The van der Waals surface area contributed by atoms with Crippen LogP contribution >= 0.6 is 0 Å². The number of unbranched alkanes of at least 4 members (excludes halogenated alkanes) is 26. The van der Waals surface area contributed by atoms with Crippen LogP contribution in [0.5, 0.6) is 0 Å². The lowest BCUT2D eigenvalue weighted by Gasteiger charge is -2.48. The third-order valence-electron chi connectivity index (χ3n) is 18.7. The number of nitrogens with one attached hydrogen (secondary N) is 1. The Morgan fingerprint density at radius 1 is 0.366 bits per heavy atom. The minimum absolute atomic E-state index is 0.226. The Morgan fingerprint density at radius 3 is 1.11 bits per heavy atom. The molecule has 101 heavy (non-hydrogen) atoms. The Bertz CT molecular complexity index is 2300. The zero-order chi connectivity index (χ0) is 73.2. The highest BCUT2D eigenvalue weighted by molar-refractivity contribution is 5.76. The Morgan fingerprint density at radius 2 is 0.693 bits per heavy atom. The van der Waals surface area contributed by atoms with Crippen molar-refractivity contribution in [1.82, 2.24) is 5.32 Å². The third kappa shape index (κ3) is 41.6. The highest BCUT2D eigenvalue weighted by Crippen LogP contribution is 2.33. The minimum Gasteiger partial charge on any atom is -0.394 e. The van der Waals surface area contributed by atoms with E-state index in [9.17, 15) is 61.0 Å². The number of ether oxygens (including phenoxy) is 6. The maximum atomic E-state index is 13.5. The zero-order valence-electron chi connectivity index (χ0n) is 61.8. The van der Waals surface area contributed by atoms with Gasteiger partial charge in [0.2, 0.25) is 5.91 Å². The minimum atomic E-state index is -1.99. The first-order chi connectivity index (χ1) is 49.3. The van der Waals surface area contributed by atoms with E-state index in [1.807, 2.05) is 6.08 Å². The molecular weight excluding hydrogens is 1290 g/mol. The first kappa shape index (κ1) is 91.4. The predicted octanol–water partition coefficient (Wildman–Crippen LogP) is 12.7. The van der Waals surface area contributed by atoms with E-state index in [-0.39, 0.29) is 18.9 Å². The maximum absolute atomic E-state index is 13.5. The maximum Gasteiger partial charge on any atom is 0.220 e. The molecule has 0 saturated carbocycles. The van der Waals surface area contributed by atoms with Crippen LogP contribution in [-0.4, -0.2) is 193 Å². The van der Waals surface area contributed by atoms with Gasteiger partial charge in [-0.25, -0.2) is 0 Å². The second-order valence-electron chi connectivity index (χ2n) is 27.4. The Balaban J connectivity index is 1.36. The van der Waals surface area contributed by atoms with Crippen molar-refractivity contribution in [3.8, 4) is 0 Å². The van der Waals surface area contributed by atoms with Crippen molar-refractivity contribution in [2.75, 3.05) is 26.4 Å². The summed E-state index contributed by atoms with van der Waals surface area (Å²) in [6.45, 7) is 1.59. The molecule has 3 fully saturated rings. The van der Waals surface area contributed by atoms with Crippen LogP contribution in [0.4, 0.5) is 0 Å². The lowest BCUT2D eigenvalue weighted by molar-refractivity contribution is -0.379. The highest BCUT2D eigenvalue weighted by atomic mass is 16.8. The fourth-order valence-electron chi connectivity index (χ4n) is 12.4. The summed E-state index contributed by atoms with van der Waals surface area (Å²) in [7, 11) is 0. The van der Waals surface area contributed by atoms with Crippen LogP contribution in [0, 0.1) is 0 Å². The van der Waals surface area contributed by atoms with Crippen LogP contribution in [0.3, 0.4) is 0 Å². The summed E-state index contributed by atoms with van der Waals surface area (Å²) >= 11 is 0. The molecule has 0 radical (unpaired) electrons. The molecular formula is C82H139NO18. The number of amides is 1. The van der Waals surface area contributed by atoms with Crippen LogP contribution in [0.25, 0.3) is 0 Å². The molecule has 3 heterocycles. The summed E-state index contributed by atoms with van der Waals surface area (Å²) in [4.78, 5) is 13.5. The van der Waals surface area contributed by atoms with E-state index in [2.05, 4.69) is 129 Å². The molecule has 17 unspecified atom stereocenters. The van der Waals surface area contributed by atoms with Gasteiger partial charge in [-0.1, -0.05) is 270 Å². The van der Waals surface area contributed by atoms with E-state index in [1.54, 1.807) is 6.08 Å². The van der Waals surface area contributed by atoms with E-state index in [1.165, 1.54) is 122 Å². The van der Waals surface area contributed by atoms with E-state index in [0.29, 0.717) is 12.8 Å². The number of aliphatic hydroxyl groups is 11. The number of aliphatic hydroxyl groups excluding tert-OH is 11. The molecule has 3 aliphatic heterocycles. The molecule has 3 aliphatic rings. The smallest absolute Gasteiger partial charge is 0.220 e. The summed E-state index contributed by atoms with van der Waals surface area (Å²) < 4.78 is 34.4. The van der Waals surface area contributed by atoms with Crippen LogP contribution in [-0.2, 0) is 33.2 Å². The monoisotopic (exact) mass is 1430 g/mol. The molecule has 0 aromatic carbocycles. The number of rotatable bonds is 60. The van der Waals surface area contributed by atoms with Crippen LogP contribution in [0.1, 0.15) is 258 Å². The molecule has 3 rings (SSSR count). The quantitative estimate of drug-likeness (QED) is 0.0199. The van der Waals surface area contributed by atoms with Crippen molar-refractivity contribution in [3.05, 3.63) is 122 Å². The SMILES string of the molecule is CC/C=C\C/C=C\C/C=C\C/C=C\C/C=C\C/C=C\C/C=C\CCCCCCCCCCCCCCCCCC(=O)NC(COC1OC(CO)C(OC2OC(CO)C(OC3OC(CO)C(O)C(O)C3O)C(O)C2O)C(O)C1O)C(O)/C=C/CC/C=C/CC/C=C/CCCCCCCCCCC. The van der Waals surface area contributed by atoms with E-state index in [4.69, 9.17) is 28.4 Å². The lowest BCUT2D eigenvalue weighted by Crippen LogP contribution is -2.66. The summed E-state index contributed by atoms with van der Waals surface area (Å²) in [5.41, 5.74) is 0. The van der Waals surface area contributed by atoms with Crippen molar-refractivity contribution in [1.29, 1.82) is 0 Å². The summed E-state index contributed by atoms with van der Waals surface area (Å²) in [6, 6.07) is -1.00. The van der Waals surface area contributed by atoms with Crippen molar-refractivity contribution < 1.29 is 89.4 Å². The number of hydrogen-bond donors (Lipinski definition) is 12. The first-order valence-corrected chi connectivity index (χ1v) is 39.3. The fraction of sp³-hybridized carbons (Fsp3) is 0.744. The van der Waals surface area contributed by atoms with Gasteiger partial charge in [0.15, 0.2) is 18.9 Å². The fourth-order valence-corrected chi connectivity index (χ4v) is 12.4. The van der Waals surface area contributed by atoms with Gasteiger partial charge in [-0.15, -0.1) is 0 Å². The van der Waals surface area contributed by atoms with Gasteiger partial charge in [-0.05, 0) is 103 Å². The largest absolute Gasteiger partial charge is 0.394 e. The average Bonchev–Trinajstić information content (AvgIpc) is 0.789. The van der Waals surface area contributed by atoms with E-state index >= 15 is 0 Å². The standard InChI is InChI=1S/C82H139NO18/c1-3-5-7-9-11-13-15-17-19-21-23-24-25-26-27-28-29-30-31-32-33-34-35-36-37-38-39-40-42-44-46-48-50-52-54-56-58-60-70(88)83-65(66(87)59-57-55-53-51-49-47-45-43-41-22-20-18-16-14-12-10-8-6-4-2)64-96-80-76(94)73(91)78(68(62-85)98-80)101-82-77(95)74(92)79(69(63-86)99-82)100-81-75(93)72(90)71(89)67(61-84)97-81/h5,7,11,13,17,19,23-24,26-27,29-30,32-33,41,43,49,51,57,59,65-69,71-82,84-87,89-95H,3-4,6,8-10,12,14-16,18,20-22,25,28,31,34-40,42,44-48,50,52-56,58,60-64H2,1-2H3,(H,83,88)/b7-5-,13-11-,19-17-,24-23-,27-26-,30-29-,33-32-,43-41+,51-49+,59-57+. The topological polar surface area (TPSA) is 307 Å². The first-order valence-electron chi connectivity index (χ1n) is 39.3. The number of carbonyl (C=O) groups is 1. The Labute approximate surface area is 608 Å². The van der Waals surface area contributed by atoms with Gasteiger partial charge in [-0.2, -0.15) is 0 Å². The van der Waals surface area contributed by atoms with Crippen LogP contribution in [0.2, 0.25) is 0 Å². The third-order valence-corrected chi connectivity index (χ3v) is 18.7. The second kappa shape index (κ2) is 61.4. The molecule has 0 bridgehead atoms. The van der Waals surface area contributed by atoms with Crippen molar-refractivity contribution >= 4 is 5.91 Å². The van der Waals surface area contributed by atoms with Gasteiger partial charge < -0.3 is 89.9 Å². The molecule has 3 saturated heterocycles. The molecule has 1 amide bonds. The number of hydrogen-bond acceptors (Lipinski definition) is 18. The molecule has 19 nitrogen and oxygen atoms in total. The molecule has 17 atom stereocenters. The normalized spacial score (nSPS) is 27.0. The van der Waals surface area contributed by atoms with Crippen LogP contribution < -0.4 is 5.32 Å². The molecule has 0 aromatic heterocycles.